The van der Waals surface area contributed by atoms with Gasteiger partial charge in [0.15, 0.2) is 0 Å². The lowest BCUT2D eigenvalue weighted by Gasteiger charge is -2.25. The summed E-state index contributed by atoms with van der Waals surface area (Å²) in [4.78, 5) is 12.9. The number of anilines is 2. The number of nitrogens with zero attached hydrogens (tertiary/aromatic N) is 1. The average molecular weight is 323 g/mol. The molecule has 114 valence electrons. The van der Waals surface area contributed by atoms with Crippen molar-refractivity contribution in [2.24, 2.45) is 0 Å². The van der Waals surface area contributed by atoms with Gasteiger partial charge in [-0.2, -0.15) is 0 Å². The van der Waals surface area contributed by atoms with Crippen LogP contribution in [0, 0.1) is 0 Å². The zero-order chi connectivity index (χ0) is 16.1. The largest absolute Gasteiger partial charge is 0.291 e. The predicted octanol–water partition coefficient (Wildman–Crippen LogP) is 5.01. The maximum Gasteiger partial charge on any atom is 0.278 e. The molecule has 0 saturated heterocycles. The van der Waals surface area contributed by atoms with Gasteiger partial charge < -0.3 is 0 Å². The molecule has 0 spiro atoms. The van der Waals surface area contributed by atoms with Crippen LogP contribution in [0.2, 0.25) is 5.02 Å². The predicted molar refractivity (Wildman–Crippen MR) is 94.8 cm³/mol. The van der Waals surface area contributed by atoms with Crippen LogP contribution in [-0.4, -0.2) is 5.91 Å². The van der Waals surface area contributed by atoms with E-state index in [0.717, 1.165) is 11.4 Å². The molecule has 0 aromatic heterocycles. The van der Waals surface area contributed by atoms with Gasteiger partial charge in [-0.15, -0.1) is 0 Å². The SMILES string of the molecule is O=C(c1ccccc1Cl)N(Nc1ccccc1)c1ccccc1. The van der Waals surface area contributed by atoms with Gasteiger partial charge >= 0.3 is 0 Å². The lowest BCUT2D eigenvalue weighted by atomic mass is 10.2. The third kappa shape index (κ3) is 3.52. The molecule has 0 unspecified atom stereocenters. The quantitative estimate of drug-likeness (QED) is 0.684. The standard InChI is InChI=1S/C19H15ClN2O/c20-18-14-8-7-13-17(18)19(23)22(16-11-5-2-6-12-16)21-15-9-3-1-4-10-15/h1-14,21H. The van der Waals surface area contributed by atoms with Gasteiger partial charge in [0.1, 0.15) is 0 Å². The number of halogens is 1. The van der Waals surface area contributed by atoms with Gasteiger partial charge in [0.2, 0.25) is 0 Å². The number of carbonyl (C=O) groups is 1. The molecule has 0 aliphatic heterocycles. The van der Waals surface area contributed by atoms with E-state index in [-0.39, 0.29) is 5.91 Å². The maximum atomic E-state index is 12.9. The molecular weight excluding hydrogens is 308 g/mol. The third-order valence-corrected chi connectivity index (χ3v) is 3.67. The molecule has 3 aromatic rings. The number of nitrogens with one attached hydrogen (secondary N) is 1. The minimum absolute atomic E-state index is 0.217. The van der Waals surface area contributed by atoms with Gasteiger partial charge in [0.25, 0.3) is 5.91 Å². The Hall–Kier alpha value is -2.78. The molecule has 3 nitrogen and oxygen atoms in total. The highest BCUT2D eigenvalue weighted by molar-refractivity contribution is 6.34. The van der Waals surface area contributed by atoms with Crippen molar-refractivity contribution in [1.29, 1.82) is 0 Å². The smallest absolute Gasteiger partial charge is 0.278 e. The molecule has 23 heavy (non-hydrogen) atoms. The number of hydrogen-bond acceptors (Lipinski definition) is 2. The Kier molecular flexibility index (Phi) is 4.60. The molecule has 0 heterocycles. The fourth-order valence-corrected chi connectivity index (χ4v) is 2.42. The number of carbonyl (C=O) groups excluding carboxylic acids is 1. The molecule has 4 heteroatoms. The van der Waals surface area contributed by atoms with Crippen LogP contribution in [0.15, 0.2) is 84.9 Å². The van der Waals surface area contributed by atoms with Crippen LogP contribution in [0.4, 0.5) is 11.4 Å². The second-order valence-corrected chi connectivity index (χ2v) is 5.34. The molecule has 0 atom stereocenters. The van der Waals surface area contributed by atoms with E-state index in [1.165, 1.54) is 5.01 Å². The van der Waals surface area contributed by atoms with E-state index in [4.69, 9.17) is 11.6 Å². The van der Waals surface area contributed by atoms with E-state index < -0.39 is 0 Å². The second kappa shape index (κ2) is 6.99. The van der Waals surface area contributed by atoms with Crippen molar-refractivity contribution in [3.63, 3.8) is 0 Å². The van der Waals surface area contributed by atoms with Crippen molar-refractivity contribution < 1.29 is 4.79 Å². The van der Waals surface area contributed by atoms with Gasteiger partial charge in [0, 0.05) is 0 Å². The molecule has 3 rings (SSSR count). The maximum absolute atomic E-state index is 12.9. The molecule has 0 radical (unpaired) electrons. The van der Waals surface area contributed by atoms with Crippen molar-refractivity contribution in [1.82, 2.24) is 0 Å². The van der Waals surface area contributed by atoms with E-state index in [0.29, 0.717) is 10.6 Å². The lowest BCUT2D eigenvalue weighted by molar-refractivity contribution is 0.0993. The lowest BCUT2D eigenvalue weighted by Crippen LogP contribution is -2.36. The minimum Gasteiger partial charge on any atom is -0.291 e. The van der Waals surface area contributed by atoms with Crippen molar-refractivity contribution in [3.05, 3.63) is 95.5 Å². The number of hydrogen-bond donors (Lipinski definition) is 1. The van der Waals surface area contributed by atoms with Crippen LogP contribution in [0.5, 0.6) is 0 Å². The Morgan fingerprint density at radius 1 is 0.783 bits per heavy atom. The van der Waals surface area contributed by atoms with Crippen molar-refractivity contribution >= 4 is 28.9 Å². The summed E-state index contributed by atoms with van der Waals surface area (Å²) < 4.78 is 0. The number of para-hydroxylation sites is 2. The first-order valence-electron chi connectivity index (χ1n) is 7.21. The van der Waals surface area contributed by atoms with Gasteiger partial charge in [-0.25, -0.2) is 5.01 Å². The van der Waals surface area contributed by atoms with Crippen LogP contribution in [0.25, 0.3) is 0 Å². The summed E-state index contributed by atoms with van der Waals surface area (Å²) in [6.07, 6.45) is 0. The number of rotatable bonds is 4. The topological polar surface area (TPSA) is 32.3 Å². The minimum atomic E-state index is -0.217. The Morgan fingerprint density at radius 2 is 1.35 bits per heavy atom. The molecule has 0 aliphatic carbocycles. The summed E-state index contributed by atoms with van der Waals surface area (Å²) in [5.74, 6) is -0.217. The normalized spacial score (nSPS) is 10.1. The van der Waals surface area contributed by atoms with Gasteiger partial charge in [-0.1, -0.05) is 60.1 Å². The van der Waals surface area contributed by atoms with E-state index in [2.05, 4.69) is 5.43 Å². The summed E-state index contributed by atoms with van der Waals surface area (Å²) >= 11 is 6.18. The third-order valence-electron chi connectivity index (χ3n) is 3.34. The average Bonchev–Trinajstić information content (AvgIpc) is 2.61. The summed E-state index contributed by atoms with van der Waals surface area (Å²) in [6.45, 7) is 0. The molecule has 0 aliphatic rings. The Bertz CT molecular complexity index is 791. The molecule has 0 fully saturated rings. The molecule has 0 bridgehead atoms. The van der Waals surface area contributed by atoms with Gasteiger partial charge in [-0.3, -0.25) is 10.2 Å². The molecule has 3 aromatic carbocycles. The van der Waals surface area contributed by atoms with E-state index in [9.17, 15) is 4.79 Å². The summed E-state index contributed by atoms with van der Waals surface area (Å²) in [5, 5.41) is 1.92. The highest BCUT2D eigenvalue weighted by Gasteiger charge is 2.20. The zero-order valence-corrected chi connectivity index (χ0v) is 13.1. The van der Waals surface area contributed by atoms with Crippen LogP contribution < -0.4 is 10.4 Å². The highest BCUT2D eigenvalue weighted by Crippen LogP contribution is 2.22. The fourth-order valence-electron chi connectivity index (χ4n) is 2.21. The van der Waals surface area contributed by atoms with Crippen LogP contribution in [-0.2, 0) is 0 Å². The van der Waals surface area contributed by atoms with Gasteiger partial charge in [-0.05, 0) is 36.4 Å². The second-order valence-electron chi connectivity index (χ2n) is 4.93. The molecule has 0 saturated carbocycles. The van der Waals surface area contributed by atoms with E-state index in [1.807, 2.05) is 60.7 Å². The summed E-state index contributed by atoms with van der Waals surface area (Å²) in [7, 11) is 0. The Labute approximate surface area is 140 Å². The molecule has 1 amide bonds. The van der Waals surface area contributed by atoms with Gasteiger partial charge in [0.05, 0.1) is 22.0 Å². The summed E-state index contributed by atoms with van der Waals surface area (Å²) in [5.41, 5.74) is 5.15. The number of benzene rings is 3. The monoisotopic (exact) mass is 322 g/mol. The highest BCUT2D eigenvalue weighted by atomic mass is 35.5. The molecule has 1 N–H and O–H groups in total. The Balaban J connectivity index is 1.98. The van der Waals surface area contributed by atoms with Crippen LogP contribution in [0.1, 0.15) is 10.4 Å². The first kappa shape index (κ1) is 15.1. The molecular formula is C19H15ClN2O. The first-order chi connectivity index (χ1) is 11.3. The van der Waals surface area contributed by atoms with E-state index in [1.54, 1.807) is 24.3 Å². The zero-order valence-electron chi connectivity index (χ0n) is 12.3. The Morgan fingerprint density at radius 3 is 2.00 bits per heavy atom. The van der Waals surface area contributed by atoms with Crippen LogP contribution >= 0.6 is 11.6 Å². The van der Waals surface area contributed by atoms with Crippen LogP contribution in [0.3, 0.4) is 0 Å². The van der Waals surface area contributed by atoms with Crippen molar-refractivity contribution in [2.45, 2.75) is 0 Å². The van der Waals surface area contributed by atoms with E-state index >= 15 is 0 Å². The van der Waals surface area contributed by atoms with Crippen molar-refractivity contribution in [3.8, 4) is 0 Å². The van der Waals surface area contributed by atoms with Crippen molar-refractivity contribution in [2.75, 3.05) is 10.4 Å². The summed E-state index contributed by atoms with van der Waals surface area (Å²) in [6, 6.07) is 26.0. The number of amides is 1. The first-order valence-corrected chi connectivity index (χ1v) is 7.59. The fraction of sp³-hybridized carbons (Fsp3) is 0. The number of hydrazine groups is 1.